The zero-order valence-corrected chi connectivity index (χ0v) is 18.0. The van der Waals surface area contributed by atoms with Crippen LogP contribution in [0.3, 0.4) is 0 Å². The van der Waals surface area contributed by atoms with Gasteiger partial charge in [-0.15, -0.1) is 0 Å². The molecule has 0 saturated heterocycles. The van der Waals surface area contributed by atoms with Gasteiger partial charge in [-0.25, -0.2) is 0 Å². The lowest BCUT2D eigenvalue weighted by atomic mass is 9.87. The second kappa shape index (κ2) is 6.58. The lowest BCUT2D eigenvalue weighted by molar-refractivity contribution is -0.598. The molecule has 0 atom stereocenters. The van der Waals surface area contributed by atoms with E-state index < -0.39 is 0 Å². The van der Waals surface area contributed by atoms with Gasteiger partial charge in [-0.3, -0.25) is 0 Å². The van der Waals surface area contributed by atoms with E-state index in [1.807, 2.05) is 0 Å². The molecule has 0 spiro atoms. The molecule has 0 amide bonds. The summed E-state index contributed by atoms with van der Waals surface area (Å²) in [5.74, 6) is 0. The lowest BCUT2D eigenvalue weighted by Crippen LogP contribution is -3.62. The van der Waals surface area contributed by atoms with E-state index in [-0.39, 0.29) is 32.0 Å². The SMILES string of the molecule is Cc1ccc(C(C)(C)C)cc1[I+]c1cc(C(C)(C)C)ccc1C. The molecule has 1 heteroatoms. The second-order valence-corrected chi connectivity index (χ2v) is 11.4. The summed E-state index contributed by atoms with van der Waals surface area (Å²) in [7, 11) is 0. The third kappa shape index (κ3) is 4.59. The molecule has 124 valence electrons. The molecule has 0 N–H and O–H groups in total. The van der Waals surface area contributed by atoms with Gasteiger partial charge in [0, 0.05) is 11.1 Å². The Kier molecular flexibility index (Phi) is 5.30. The van der Waals surface area contributed by atoms with E-state index in [0.29, 0.717) is 0 Å². The third-order valence-corrected chi connectivity index (χ3v) is 7.77. The average Bonchev–Trinajstić information content (AvgIpc) is 2.41. The average molecular weight is 421 g/mol. The van der Waals surface area contributed by atoms with Crippen LogP contribution in [0.4, 0.5) is 0 Å². The number of benzene rings is 2. The summed E-state index contributed by atoms with van der Waals surface area (Å²) in [6.45, 7) is 18.3. The van der Waals surface area contributed by atoms with Gasteiger partial charge < -0.3 is 0 Å². The Morgan fingerprint density at radius 3 is 1.26 bits per heavy atom. The Morgan fingerprint density at radius 2 is 0.957 bits per heavy atom. The minimum atomic E-state index is -0.145. The number of halogens is 1. The topological polar surface area (TPSA) is 0 Å². The third-order valence-electron chi connectivity index (χ3n) is 4.28. The van der Waals surface area contributed by atoms with Crippen molar-refractivity contribution in [2.24, 2.45) is 0 Å². The Bertz CT molecular complexity index is 635. The molecule has 0 nitrogen and oxygen atoms in total. The fourth-order valence-corrected chi connectivity index (χ4v) is 5.25. The van der Waals surface area contributed by atoms with E-state index in [1.54, 1.807) is 7.14 Å². The van der Waals surface area contributed by atoms with Gasteiger partial charge in [0.15, 0.2) is 7.14 Å². The minimum absolute atomic E-state index is 0.145. The van der Waals surface area contributed by atoms with Crippen LogP contribution < -0.4 is 21.2 Å². The first-order chi connectivity index (χ1) is 10.5. The highest BCUT2D eigenvalue weighted by atomic mass is 127. The fourth-order valence-electron chi connectivity index (χ4n) is 2.43. The molecule has 0 aliphatic carbocycles. The molecule has 0 heterocycles. The lowest BCUT2D eigenvalue weighted by Gasteiger charge is -2.19. The van der Waals surface area contributed by atoms with Crippen LogP contribution in [0.15, 0.2) is 36.4 Å². The molecule has 2 rings (SSSR count). The summed E-state index contributed by atoms with van der Waals surface area (Å²) in [4.78, 5) is 0. The van der Waals surface area contributed by atoms with Crippen LogP contribution >= 0.6 is 0 Å². The van der Waals surface area contributed by atoms with Crippen LogP contribution in [0.2, 0.25) is 0 Å². The van der Waals surface area contributed by atoms with Crippen molar-refractivity contribution in [2.45, 2.75) is 66.2 Å². The summed E-state index contributed by atoms with van der Waals surface area (Å²) in [6, 6.07) is 14.1. The Hall–Kier alpha value is -0.830. The predicted octanol–water partition coefficient (Wildman–Crippen LogP) is 3.03. The van der Waals surface area contributed by atoms with Crippen molar-refractivity contribution in [3.05, 3.63) is 65.8 Å². The van der Waals surface area contributed by atoms with Crippen molar-refractivity contribution in [1.29, 1.82) is 0 Å². The number of hydrogen-bond acceptors (Lipinski definition) is 0. The van der Waals surface area contributed by atoms with Crippen LogP contribution in [0.5, 0.6) is 0 Å². The smallest absolute Gasteiger partial charge is 0.0579 e. The van der Waals surface area contributed by atoms with Gasteiger partial charge in [-0.1, -0.05) is 65.8 Å². The zero-order chi connectivity index (χ0) is 17.4. The molecule has 0 aliphatic heterocycles. The van der Waals surface area contributed by atoms with E-state index in [2.05, 4.69) is 91.8 Å². The van der Waals surface area contributed by atoms with Crippen LogP contribution in [-0.2, 0) is 10.8 Å². The highest BCUT2D eigenvalue weighted by Gasteiger charge is 2.25. The molecule has 0 bridgehead atoms. The number of aryl methyl sites for hydroxylation is 2. The van der Waals surface area contributed by atoms with Crippen molar-refractivity contribution in [3.8, 4) is 0 Å². The van der Waals surface area contributed by atoms with Gasteiger partial charge in [-0.05, 0) is 47.9 Å². The van der Waals surface area contributed by atoms with Crippen molar-refractivity contribution in [1.82, 2.24) is 0 Å². The van der Waals surface area contributed by atoms with E-state index in [9.17, 15) is 0 Å². The van der Waals surface area contributed by atoms with Gasteiger partial charge in [0.05, 0.1) is 0 Å². The summed E-state index contributed by atoms with van der Waals surface area (Å²) in [5.41, 5.74) is 6.20. The number of hydrogen-bond donors (Lipinski definition) is 0. The van der Waals surface area contributed by atoms with E-state index in [4.69, 9.17) is 0 Å². The van der Waals surface area contributed by atoms with Gasteiger partial charge in [0.25, 0.3) is 0 Å². The first-order valence-corrected chi connectivity index (χ1v) is 10.5. The zero-order valence-electron chi connectivity index (χ0n) is 15.8. The molecule has 0 unspecified atom stereocenters. The molecular weight excluding hydrogens is 391 g/mol. The van der Waals surface area contributed by atoms with Crippen molar-refractivity contribution < 1.29 is 21.2 Å². The van der Waals surface area contributed by atoms with Crippen LogP contribution in [0.25, 0.3) is 0 Å². The van der Waals surface area contributed by atoms with Crippen LogP contribution in [0, 0.1) is 21.0 Å². The monoisotopic (exact) mass is 421 g/mol. The van der Waals surface area contributed by atoms with E-state index in [1.165, 1.54) is 22.3 Å². The molecule has 23 heavy (non-hydrogen) atoms. The summed E-state index contributed by atoms with van der Waals surface area (Å²) in [5, 5.41) is 0. The first-order valence-electron chi connectivity index (χ1n) is 8.35. The van der Waals surface area contributed by atoms with Crippen LogP contribution in [0.1, 0.15) is 63.8 Å². The standard InChI is InChI=1S/C22H30I/c1-15-9-11-17(21(3,4)5)13-19(15)23-20-14-18(22(6,7)8)12-10-16(20)2/h9-14H,1-8H3/q+1. The van der Waals surface area contributed by atoms with Crippen molar-refractivity contribution in [3.63, 3.8) is 0 Å². The molecule has 2 aromatic carbocycles. The largest absolute Gasteiger partial charge is 0.358 e. The number of rotatable bonds is 2. The summed E-state index contributed by atoms with van der Waals surface area (Å²) < 4.78 is 3.12. The van der Waals surface area contributed by atoms with E-state index >= 15 is 0 Å². The molecule has 0 radical (unpaired) electrons. The molecule has 2 aromatic rings. The summed E-state index contributed by atoms with van der Waals surface area (Å²) >= 11 is -0.145. The second-order valence-electron chi connectivity index (χ2n) is 8.52. The van der Waals surface area contributed by atoms with Gasteiger partial charge in [0.2, 0.25) is 0 Å². The van der Waals surface area contributed by atoms with Crippen molar-refractivity contribution in [2.75, 3.05) is 0 Å². The maximum absolute atomic E-state index is 2.45. The van der Waals surface area contributed by atoms with Gasteiger partial charge in [-0.2, -0.15) is 0 Å². The molecule has 0 aliphatic rings. The fraction of sp³-hybridized carbons (Fsp3) is 0.455. The Balaban J connectivity index is 2.43. The van der Waals surface area contributed by atoms with Crippen molar-refractivity contribution >= 4 is 0 Å². The predicted molar refractivity (Wildman–Crippen MR) is 97.2 cm³/mol. The van der Waals surface area contributed by atoms with Gasteiger partial charge >= 0.3 is 21.2 Å². The quantitative estimate of drug-likeness (QED) is 0.655. The first kappa shape index (κ1) is 18.5. The maximum atomic E-state index is 2.45. The molecule has 0 fully saturated rings. The molecule has 0 saturated carbocycles. The highest BCUT2D eigenvalue weighted by molar-refractivity contribution is 5.28. The molecule has 0 aromatic heterocycles. The molecular formula is C22H30I+. The maximum Gasteiger partial charge on any atom is 0.358 e. The Morgan fingerprint density at radius 1 is 0.609 bits per heavy atom. The normalized spacial score (nSPS) is 12.5. The van der Waals surface area contributed by atoms with E-state index in [0.717, 1.165) is 0 Å². The van der Waals surface area contributed by atoms with Crippen LogP contribution in [-0.4, -0.2) is 0 Å². The Labute approximate surface area is 153 Å². The minimum Gasteiger partial charge on any atom is -0.0579 e. The summed E-state index contributed by atoms with van der Waals surface area (Å²) in [6.07, 6.45) is 0. The highest BCUT2D eigenvalue weighted by Crippen LogP contribution is 2.23. The van der Waals surface area contributed by atoms with Gasteiger partial charge in [0.1, 0.15) is 0 Å².